The molecule has 7 heteroatoms. The zero-order chi connectivity index (χ0) is 18.6. The topological polar surface area (TPSA) is 42.2 Å². The SMILES string of the molecule is COc1cc(CC(C)=S)ccc1Oc1ccc(C#N)cc1C(F)(F)F. The first-order chi connectivity index (χ1) is 11.7. The van der Waals surface area contributed by atoms with Gasteiger partial charge in [-0.3, -0.25) is 0 Å². The second-order valence-corrected chi connectivity index (χ2v) is 5.98. The van der Waals surface area contributed by atoms with Crippen LogP contribution in [-0.2, 0) is 12.6 Å². The van der Waals surface area contributed by atoms with E-state index < -0.39 is 17.5 Å². The average Bonchev–Trinajstić information content (AvgIpc) is 2.55. The van der Waals surface area contributed by atoms with Crippen molar-refractivity contribution >= 4 is 17.1 Å². The summed E-state index contributed by atoms with van der Waals surface area (Å²) >= 11 is 5.05. The number of halogens is 3. The zero-order valence-corrected chi connectivity index (χ0v) is 14.3. The van der Waals surface area contributed by atoms with Crippen molar-refractivity contribution in [1.29, 1.82) is 5.26 Å². The molecule has 0 radical (unpaired) electrons. The number of hydrogen-bond donors (Lipinski definition) is 0. The Morgan fingerprint density at radius 2 is 1.80 bits per heavy atom. The molecule has 25 heavy (non-hydrogen) atoms. The Morgan fingerprint density at radius 1 is 1.12 bits per heavy atom. The summed E-state index contributed by atoms with van der Waals surface area (Å²) in [5, 5.41) is 8.80. The van der Waals surface area contributed by atoms with Crippen molar-refractivity contribution in [2.75, 3.05) is 7.11 Å². The van der Waals surface area contributed by atoms with Crippen LogP contribution in [0.15, 0.2) is 36.4 Å². The molecule has 0 fully saturated rings. The van der Waals surface area contributed by atoms with Gasteiger partial charge in [-0.05, 0) is 47.7 Å². The van der Waals surface area contributed by atoms with Crippen LogP contribution in [0.2, 0.25) is 0 Å². The van der Waals surface area contributed by atoms with Crippen LogP contribution in [0.3, 0.4) is 0 Å². The van der Waals surface area contributed by atoms with E-state index >= 15 is 0 Å². The molecule has 0 spiro atoms. The predicted octanol–water partition coefficient (Wildman–Crippen LogP) is 5.31. The highest BCUT2D eigenvalue weighted by Gasteiger charge is 2.35. The quantitative estimate of drug-likeness (QED) is 0.674. The second-order valence-electron chi connectivity index (χ2n) is 5.29. The molecule has 2 aromatic rings. The van der Waals surface area contributed by atoms with Crippen molar-refractivity contribution in [2.45, 2.75) is 19.5 Å². The van der Waals surface area contributed by atoms with Gasteiger partial charge in [0.1, 0.15) is 5.75 Å². The van der Waals surface area contributed by atoms with Gasteiger partial charge in [-0.25, -0.2) is 0 Å². The van der Waals surface area contributed by atoms with Crippen LogP contribution in [0.5, 0.6) is 17.2 Å². The van der Waals surface area contributed by atoms with Gasteiger partial charge in [0.25, 0.3) is 0 Å². The summed E-state index contributed by atoms with van der Waals surface area (Å²) in [4.78, 5) is 0.780. The molecule has 0 saturated carbocycles. The Morgan fingerprint density at radius 3 is 2.36 bits per heavy atom. The number of thiocarbonyl (C=S) groups is 1. The highest BCUT2D eigenvalue weighted by molar-refractivity contribution is 7.80. The van der Waals surface area contributed by atoms with Crippen LogP contribution < -0.4 is 9.47 Å². The van der Waals surface area contributed by atoms with E-state index in [1.807, 2.05) is 0 Å². The number of hydrogen-bond acceptors (Lipinski definition) is 4. The largest absolute Gasteiger partial charge is 0.493 e. The van der Waals surface area contributed by atoms with Crippen molar-refractivity contribution in [3.63, 3.8) is 0 Å². The maximum atomic E-state index is 13.2. The Balaban J connectivity index is 2.43. The number of rotatable bonds is 5. The molecule has 0 aliphatic heterocycles. The lowest BCUT2D eigenvalue weighted by molar-refractivity contribution is -0.138. The van der Waals surface area contributed by atoms with Crippen LogP contribution >= 0.6 is 12.2 Å². The van der Waals surface area contributed by atoms with Crippen molar-refractivity contribution in [3.05, 3.63) is 53.1 Å². The number of nitriles is 1. The minimum absolute atomic E-state index is 0.0987. The van der Waals surface area contributed by atoms with Gasteiger partial charge in [0.15, 0.2) is 11.5 Å². The molecule has 3 nitrogen and oxygen atoms in total. The summed E-state index contributed by atoms with van der Waals surface area (Å²) in [6.45, 7) is 1.80. The van der Waals surface area contributed by atoms with Crippen molar-refractivity contribution in [1.82, 2.24) is 0 Å². The molecule has 0 saturated heterocycles. The van der Waals surface area contributed by atoms with Gasteiger partial charge >= 0.3 is 6.18 Å². The molecule has 0 atom stereocenters. The van der Waals surface area contributed by atoms with Crippen molar-refractivity contribution < 1.29 is 22.6 Å². The molecule has 0 aliphatic rings. The molecule has 0 bridgehead atoms. The summed E-state index contributed by atoms with van der Waals surface area (Å²) < 4.78 is 50.3. The van der Waals surface area contributed by atoms with Gasteiger partial charge < -0.3 is 9.47 Å². The molecule has 0 heterocycles. The number of benzene rings is 2. The van der Waals surface area contributed by atoms with Gasteiger partial charge in [-0.2, -0.15) is 18.4 Å². The molecule has 2 rings (SSSR count). The number of nitrogens with zero attached hydrogens (tertiary/aromatic N) is 1. The van der Waals surface area contributed by atoms with E-state index in [4.69, 9.17) is 27.0 Å². The van der Waals surface area contributed by atoms with Crippen LogP contribution in [0.25, 0.3) is 0 Å². The van der Waals surface area contributed by atoms with Crippen molar-refractivity contribution in [3.8, 4) is 23.3 Å². The van der Waals surface area contributed by atoms with Crippen LogP contribution in [-0.4, -0.2) is 12.0 Å². The molecule has 0 amide bonds. The van der Waals surface area contributed by atoms with E-state index in [9.17, 15) is 13.2 Å². The second kappa shape index (κ2) is 7.53. The molecular formula is C18H14F3NO2S. The fraction of sp³-hybridized carbons (Fsp3) is 0.222. The fourth-order valence-electron chi connectivity index (χ4n) is 2.22. The summed E-state index contributed by atoms with van der Waals surface area (Å²) in [5.74, 6) is 0.0401. The van der Waals surface area contributed by atoms with Crippen LogP contribution in [0, 0.1) is 11.3 Å². The third kappa shape index (κ3) is 4.70. The van der Waals surface area contributed by atoms with E-state index in [0.29, 0.717) is 12.2 Å². The third-order valence-corrected chi connectivity index (χ3v) is 3.46. The van der Waals surface area contributed by atoms with Gasteiger partial charge in [0.2, 0.25) is 0 Å². The summed E-state index contributed by atoms with van der Waals surface area (Å²) in [5.41, 5.74) is -0.251. The molecule has 0 N–H and O–H groups in total. The molecule has 130 valence electrons. The third-order valence-electron chi connectivity index (χ3n) is 3.32. The lowest BCUT2D eigenvalue weighted by atomic mass is 10.1. The highest BCUT2D eigenvalue weighted by Crippen LogP contribution is 2.40. The fourth-order valence-corrected chi connectivity index (χ4v) is 2.39. The van der Waals surface area contributed by atoms with E-state index in [-0.39, 0.29) is 11.3 Å². The number of alkyl halides is 3. The Labute approximate surface area is 148 Å². The van der Waals surface area contributed by atoms with Crippen LogP contribution in [0.1, 0.15) is 23.6 Å². The molecular weight excluding hydrogens is 351 g/mol. The Hall–Kier alpha value is -2.59. The molecule has 2 aromatic carbocycles. The first kappa shape index (κ1) is 18.7. The Kier molecular flexibility index (Phi) is 5.65. The number of ether oxygens (including phenoxy) is 2. The Bertz CT molecular complexity index is 841. The van der Waals surface area contributed by atoms with Gasteiger partial charge in [0, 0.05) is 6.42 Å². The maximum absolute atomic E-state index is 13.2. The summed E-state index contributed by atoms with van der Waals surface area (Å²) in [6, 6.07) is 9.74. The minimum Gasteiger partial charge on any atom is -0.493 e. The molecule has 0 unspecified atom stereocenters. The van der Waals surface area contributed by atoms with E-state index in [2.05, 4.69) is 0 Å². The zero-order valence-electron chi connectivity index (χ0n) is 13.5. The van der Waals surface area contributed by atoms with E-state index in [0.717, 1.165) is 22.6 Å². The molecule has 0 aliphatic carbocycles. The normalized spacial score (nSPS) is 10.9. The first-order valence-corrected chi connectivity index (χ1v) is 7.61. The smallest absolute Gasteiger partial charge is 0.420 e. The predicted molar refractivity (Wildman–Crippen MR) is 91.2 cm³/mol. The maximum Gasteiger partial charge on any atom is 0.420 e. The molecule has 0 aromatic heterocycles. The minimum atomic E-state index is -4.65. The van der Waals surface area contributed by atoms with Gasteiger partial charge in [-0.1, -0.05) is 18.3 Å². The van der Waals surface area contributed by atoms with E-state index in [1.165, 1.54) is 19.2 Å². The van der Waals surface area contributed by atoms with Gasteiger partial charge in [-0.15, -0.1) is 0 Å². The monoisotopic (exact) mass is 365 g/mol. The lowest BCUT2D eigenvalue weighted by Gasteiger charge is -2.16. The van der Waals surface area contributed by atoms with Gasteiger partial charge in [0.05, 0.1) is 24.3 Å². The van der Waals surface area contributed by atoms with Crippen molar-refractivity contribution in [2.24, 2.45) is 0 Å². The standard InChI is InChI=1S/C18H14F3NO2S/c1-11(25)7-12-3-6-16(17(9-12)23-2)24-15-5-4-13(10-22)8-14(15)18(19,20)21/h3-6,8-9H,7H2,1-2H3. The lowest BCUT2D eigenvalue weighted by Crippen LogP contribution is -2.08. The number of methoxy groups -OCH3 is 1. The summed E-state index contributed by atoms with van der Waals surface area (Å²) in [7, 11) is 1.40. The van der Waals surface area contributed by atoms with Crippen LogP contribution in [0.4, 0.5) is 13.2 Å². The first-order valence-electron chi connectivity index (χ1n) is 7.20. The average molecular weight is 365 g/mol. The highest BCUT2D eigenvalue weighted by atomic mass is 32.1. The summed E-state index contributed by atoms with van der Waals surface area (Å²) in [6.07, 6.45) is -4.10. The van der Waals surface area contributed by atoms with E-state index in [1.54, 1.807) is 25.1 Å².